The van der Waals surface area contributed by atoms with Crippen LogP contribution in [0.1, 0.15) is 33.3 Å². The van der Waals surface area contributed by atoms with Gasteiger partial charge in [0.1, 0.15) is 5.75 Å². The van der Waals surface area contributed by atoms with Crippen molar-refractivity contribution in [3.63, 3.8) is 0 Å². The first-order valence-electron chi connectivity index (χ1n) is 6.27. The molecule has 108 valence electrons. The van der Waals surface area contributed by atoms with Crippen LogP contribution in [0.25, 0.3) is 0 Å². The summed E-state index contributed by atoms with van der Waals surface area (Å²) in [4.78, 5) is 0. The summed E-state index contributed by atoms with van der Waals surface area (Å²) < 4.78 is 10.8. The minimum absolute atomic E-state index is 0.00593. The highest BCUT2D eigenvalue weighted by atomic mass is 35.5. The van der Waals surface area contributed by atoms with Gasteiger partial charge in [0.25, 0.3) is 0 Å². The van der Waals surface area contributed by atoms with Gasteiger partial charge in [-0.2, -0.15) is 0 Å². The minimum Gasteiger partial charge on any atom is -0.466 e. The Hall–Kier alpha value is -0.480. The largest absolute Gasteiger partial charge is 0.466 e. The van der Waals surface area contributed by atoms with E-state index in [0.717, 1.165) is 5.56 Å². The Bertz CT molecular complexity index is 417. The Labute approximate surface area is 125 Å². The number of nitrogens with one attached hydrogen (secondary N) is 1. The van der Waals surface area contributed by atoms with Gasteiger partial charge in [0, 0.05) is 29.3 Å². The van der Waals surface area contributed by atoms with Crippen molar-refractivity contribution in [1.29, 1.82) is 0 Å². The average Bonchev–Trinajstić information content (AvgIpc) is 2.28. The number of halogens is 2. The quantitative estimate of drug-likeness (QED) is 0.629. The zero-order valence-corrected chi connectivity index (χ0v) is 13.4. The standard InChI is InChI=1S/C14H21Cl2NO2/c1-5-18-9-19-13-10(8-17-14(2,3)4)6-11(15)7-12(13)16/h6-7,17H,5,8-9H2,1-4H3. The van der Waals surface area contributed by atoms with Crippen LogP contribution in [-0.4, -0.2) is 18.9 Å². The Kier molecular flexibility index (Phi) is 6.40. The smallest absolute Gasteiger partial charge is 0.189 e. The first kappa shape index (κ1) is 16.6. The molecule has 0 spiro atoms. The summed E-state index contributed by atoms with van der Waals surface area (Å²) >= 11 is 12.2. The molecule has 0 amide bonds. The van der Waals surface area contributed by atoms with Crippen molar-refractivity contribution in [1.82, 2.24) is 5.32 Å². The van der Waals surface area contributed by atoms with E-state index in [1.165, 1.54) is 0 Å². The lowest BCUT2D eigenvalue weighted by Gasteiger charge is -2.22. The van der Waals surface area contributed by atoms with Gasteiger partial charge in [0.2, 0.25) is 0 Å². The summed E-state index contributed by atoms with van der Waals surface area (Å²) in [5, 5.41) is 4.48. The Morgan fingerprint density at radius 3 is 2.47 bits per heavy atom. The molecule has 0 aliphatic heterocycles. The van der Waals surface area contributed by atoms with Gasteiger partial charge in [-0.3, -0.25) is 0 Å². The van der Waals surface area contributed by atoms with Gasteiger partial charge in [-0.1, -0.05) is 23.2 Å². The zero-order chi connectivity index (χ0) is 14.5. The number of hydrogen-bond acceptors (Lipinski definition) is 3. The van der Waals surface area contributed by atoms with Gasteiger partial charge >= 0.3 is 0 Å². The zero-order valence-electron chi connectivity index (χ0n) is 11.8. The summed E-state index contributed by atoms with van der Waals surface area (Å²) in [6.07, 6.45) is 0. The molecule has 0 saturated carbocycles. The van der Waals surface area contributed by atoms with Crippen molar-refractivity contribution in [2.24, 2.45) is 0 Å². The molecule has 1 N–H and O–H groups in total. The Balaban J connectivity index is 2.86. The van der Waals surface area contributed by atoms with Gasteiger partial charge < -0.3 is 14.8 Å². The van der Waals surface area contributed by atoms with E-state index in [1.807, 2.05) is 13.0 Å². The van der Waals surface area contributed by atoms with Crippen LogP contribution >= 0.6 is 23.2 Å². The van der Waals surface area contributed by atoms with Crippen LogP contribution in [0.3, 0.4) is 0 Å². The molecule has 1 aromatic rings. The topological polar surface area (TPSA) is 30.5 Å². The summed E-state index contributed by atoms with van der Waals surface area (Å²) in [7, 11) is 0. The predicted octanol–water partition coefficient (Wildman–Crippen LogP) is 4.25. The minimum atomic E-state index is 0.00593. The van der Waals surface area contributed by atoms with E-state index in [9.17, 15) is 0 Å². The Morgan fingerprint density at radius 2 is 1.89 bits per heavy atom. The van der Waals surface area contributed by atoms with E-state index in [0.29, 0.717) is 28.9 Å². The van der Waals surface area contributed by atoms with Crippen molar-refractivity contribution in [2.75, 3.05) is 13.4 Å². The van der Waals surface area contributed by atoms with E-state index < -0.39 is 0 Å². The summed E-state index contributed by atoms with van der Waals surface area (Å²) in [5.74, 6) is 0.622. The van der Waals surface area contributed by atoms with Crippen molar-refractivity contribution in [2.45, 2.75) is 39.8 Å². The number of benzene rings is 1. The molecule has 1 aromatic carbocycles. The first-order valence-corrected chi connectivity index (χ1v) is 7.02. The maximum atomic E-state index is 6.17. The van der Waals surface area contributed by atoms with Crippen LogP contribution in [0, 0.1) is 0 Å². The predicted molar refractivity (Wildman–Crippen MR) is 80.2 cm³/mol. The molecule has 3 nitrogen and oxygen atoms in total. The number of ether oxygens (including phenoxy) is 2. The fourth-order valence-electron chi connectivity index (χ4n) is 1.45. The normalized spacial score (nSPS) is 11.7. The van der Waals surface area contributed by atoms with Gasteiger partial charge in [-0.25, -0.2) is 0 Å². The molecule has 0 aromatic heterocycles. The van der Waals surface area contributed by atoms with Crippen molar-refractivity contribution in [3.05, 3.63) is 27.7 Å². The molecule has 0 fully saturated rings. The number of hydrogen-bond donors (Lipinski definition) is 1. The fourth-order valence-corrected chi connectivity index (χ4v) is 2.04. The van der Waals surface area contributed by atoms with Crippen LogP contribution in [0.15, 0.2) is 12.1 Å². The van der Waals surface area contributed by atoms with Gasteiger partial charge in [0.05, 0.1) is 5.02 Å². The molecule has 5 heteroatoms. The summed E-state index contributed by atoms with van der Waals surface area (Å²) in [6, 6.07) is 3.53. The lowest BCUT2D eigenvalue weighted by molar-refractivity contribution is 0.0218. The molecule has 0 radical (unpaired) electrons. The van der Waals surface area contributed by atoms with E-state index >= 15 is 0 Å². The molecule has 1 rings (SSSR count). The molecular weight excluding hydrogens is 285 g/mol. The van der Waals surface area contributed by atoms with E-state index in [1.54, 1.807) is 6.07 Å². The number of rotatable bonds is 6. The van der Waals surface area contributed by atoms with Crippen molar-refractivity contribution in [3.8, 4) is 5.75 Å². The third-order valence-corrected chi connectivity index (χ3v) is 2.88. The second-order valence-electron chi connectivity index (χ2n) is 5.23. The van der Waals surface area contributed by atoms with Gasteiger partial charge in [-0.05, 0) is 39.8 Å². The molecule has 0 bridgehead atoms. The molecule has 19 heavy (non-hydrogen) atoms. The molecule has 0 unspecified atom stereocenters. The highest BCUT2D eigenvalue weighted by Gasteiger charge is 2.14. The second kappa shape index (κ2) is 7.34. The molecule has 0 atom stereocenters. The maximum absolute atomic E-state index is 6.17. The monoisotopic (exact) mass is 305 g/mol. The maximum Gasteiger partial charge on any atom is 0.189 e. The fraction of sp³-hybridized carbons (Fsp3) is 0.571. The highest BCUT2D eigenvalue weighted by molar-refractivity contribution is 6.35. The molecular formula is C14H21Cl2NO2. The molecule has 0 aliphatic rings. The molecule has 0 aliphatic carbocycles. The molecule has 0 heterocycles. The van der Waals surface area contributed by atoms with Crippen molar-refractivity contribution < 1.29 is 9.47 Å². The third-order valence-electron chi connectivity index (χ3n) is 2.39. The summed E-state index contributed by atoms with van der Waals surface area (Å²) in [6.45, 7) is 9.61. The van der Waals surface area contributed by atoms with E-state index in [2.05, 4.69) is 26.1 Å². The highest BCUT2D eigenvalue weighted by Crippen LogP contribution is 2.32. The second-order valence-corrected chi connectivity index (χ2v) is 6.08. The lowest BCUT2D eigenvalue weighted by Crippen LogP contribution is -2.35. The van der Waals surface area contributed by atoms with Crippen LogP contribution in [0.4, 0.5) is 0 Å². The summed E-state index contributed by atoms with van der Waals surface area (Å²) in [5.41, 5.74) is 0.929. The van der Waals surface area contributed by atoms with E-state index in [-0.39, 0.29) is 12.3 Å². The van der Waals surface area contributed by atoms with Crippen LogP contribution in [0.5, 0.6) is 5.75 Å². The van der Waals surface area contributed by atoms with E-state index in [4.69, 9.17) is 32.7 Å². The van der Waals surface area contributed by atoms with Crippen molar-refractivity contribution >= 4 is 23.2 Å². The van der Waals surface area contributed by atoms with Crippen LogP contribution in [0.2, 0.25) is 10.0 Å². The first-order chi connectivity index (χ1) is 8.83. The average molecular weight is 306 g/mol. The Morgan fingerprint density at radius 1 is 1.21 bits per heavy atom. The van der Waals surface area contributed by atoms with Gasteiger partial charge in [-0.15, -0.1) is 0 Å². The van der Waals surface area contributed by atoms with Crippen LogP contribution in [-0.2, 0) is 11.3 Å². The lowest BCUT2D eigenvalue weighted by atomic mass is 10.1. The van der Waals surface area contributed by atoms with Gasteiger partial charge in [0.15, 0.2) is 6.79 Å². The van der Waals surface area contributed by atoms with Crippen LogP contribution < -0.4 is 10.1 Å². The molecule has 0 saturated heterocycles. The SMILES string of the molecule is CCOCOc1c(Cl)cc(Cl)cc1CNC(C)(C)C. The third kappa shape index (κ3) is 6.00.